The zero-order chi connectivity index (χ0) is 18.7. The fraction of sp³-hybridized carbons (Fsp3) is 0.300. The molecule has 2 aromatic carbocycles. The SMILES string of the molecule is CC(C)OCc1ccc(C(=O)Nc2ccc3c(c2)NC(=O)[C@@H](C)O3)cc1. The van der Waals surface area contributed by atoms with Gasteiger partial charge in [0.25, 0.3) is 11.8 Å². The quantitative estimate of drug-likeness (QED) is 0.860. The lowest BCUT2D eigenvalue weighted by atomic mass is 10.1. The van der Waals surface area contributed by atoms with Gasteiger partial charge in [-0.3, -0.25) is 9.59 Å². The van der Waals surface area contributed by atoms with Crippen LogP contribution in [0.5, 0.6) is 5.75 Å². The van der Waals surface area contributed by atoms with Gasteiger partial charge in [-0.25, -0.2) is 0 Å². The molecule has 0 unspecified atom stereocenters. The van der Waals surface area contributed by atoms with Gasteiger partial charge in [-0.2, -0.15) is 0 Å². The highest BCUT2D eigenvalue weighted by atomic mass is 16.5. The van der Waals surface area contributed by atoms with E-state index in [0.29, 0.717) is 29.3 Å². The molecule has 1 aliphatic rings. The predicted octanol–water partition coefficient (Wildman–Crippen LogP) is 3.58. The topological polar surface area (TPSA) is 76.7 Å². The van der Waals surface area contributed by atoms with Crippen LogP contribution in [0.15, 0.2) is 42.5 Å². The largest absolute Gasteiger partial charge is 0.479 e. The molecule has 1 aliphatic heterocycles. The van der Waals surface area contributed by atoms with Crippen molar-refractivity contribution in [2.75, 3.05) is 10.6 Å². The molecule has 0 saturated heterocycles. The van der Waals surface area contributed by atoms with E-state index in [4.69, 9.17) is 9.47 Å². The normalized spacial score (nSPS) is 15.8. The van der Waals surface area contributed by atoms with Crippen LogP contribution in [0.4, 0.5) is 11.4 Å². The number of amides is 2. The molecule has 0 radical (unpaired) electrons. The number of hydrogen-bond donors (Lipinski definition) is 2. The fourth-order valence-electron chi connectivity index (χ4n) is 2.51. The second kappa shape index (κ2) is 7.58. The molecule has 1 atom stereocenters. The van der Waals surface area contributed by atoms with Gasteiger partial charge in [-0.05, 0) is 56.7 Å². The minimum absolute atomic E-state index is 0.162. The van der Waals surface area contributed by atoms with Crippen LogP contribution in [0, 0.1) is 0 Å². The van der Waals surface area contributed by atoms with E-state index in [1.165, 1.54) is 0 Å². The molecular formula is C20H22N2O4. The van der Waals surface area contributed by atoms with Gasteiger partial charge >= 0.3 is 0 Å². The Labute approximate surface area is 152 Å². The third-order valence-electron chi connectivity index (χ3n) is 3.97. The Morgan fingerprint density at radius 1 is 1.23 bits per heavy atom. The lowest BCUT2D eigenvalue weighted by Gasteiger charge is -2.23. The molecule has 2 aromatic rings. The highest BCUT2D eigenvalue weighted by molar-refractivity contribution is 6.05. The monoisotopic (exact) mass is 354 g/mol. The number of nitrogens with one attached hydrogen (secondary N) is 2. The van der Waals surface area contributed by atoms with Gasteiger partial charge in [0.15, 0.2) is 6.10 Å². The lowest BCUT2D eigenvalue weighted by molar-refractivity contribution is -0.122. The first-order valence-electron chi connectivity index (χ1n) is 8.56. The molecule has 0 bridgehead atoms. The van der Waals surface area contributed by atoms with Crippen molar-refractivity contribution in [1.82, 2.24) is 0 Å². The molecule has 0 aromatic heterocycles. The lowest BCUT2D eigenvalue weighted by Crippen LogP contribution is -2.34. The number of fused-ring (bicyclic) bond motifs is 1. The van der Waals surface area contributed by atoms with Crippen LogP contribution < -0.4 is 15.4 Å². The third-order valence-corrected chi connectivity index (χ3v) is 3.97. The molecule has 6 heteroatoms. The third kappa shape index (κ3) is 4.21. The van der Waals surface area contributed by atoms with Gasteiger partial charge in [-0.1, -0.05) is 12.1 Å². The molecule has 26 heavy (non-hydrogen) atoms. The summed E-state index contributed by atoms with van der Waals surface area (Å²) in [5, 5.41) is 5.59. The maximum absolute atomic E-state index is 12.4. The summed E-state index contributed by atoms with van der Waals surface area (Å²) in [4.78, 5) is 24.1. The second-order valence-corrected chi connectivity index (χ2v) is 6.47. The van der Waals surface area contributed by atoms with Gasteiger partial charge in [0, 0.05) is 11.3 Å². The van der Waals surface area contributed by atoms with Crippen LogP contribution in [-0.2, 0) is 16.1 Å². The van der Waals surface area contributed by atoms with Crippen LogP contribution in [0.1, 0.15) is 36.7 Å². The Morgan fingerprint density at radius 2 is 1.96 bits per heavy atom. The number of ether oxygens (including phenoxy) is 2. The Kier molecular flexibility index (Phi) is 5.23. The smallest absolute Gasteiger partial charge is 0.265 e. The van der Waals surface area contributed by atoms with E-state index >= 15 is 0 Å². The van der Waals surface area contributed by atoms with E-state index in [1.807, 2.05) is 26.0 Å². The van der Waals surface area contributed by atoms with Crippen molar-refractivity contribution in [3.63, 3.8) is 0 Å². The molecule has 1 heterocycles. The molecule has 3 rings (SSSR count). The summed E-state index contributed by atoms with van der Waals surface area (Å²) in [5.74, 6) is 0.155. The summed E-state index contributed by atoms with van der Waals surface area (Å²) >= 11 is 0. The van der Waals surface area contributed by atoms with Crippen molar-refractivity contribution in [3.8, 4) is 5.75 Å². The zero-order valence-electron chi connectivity index (χ0n) is 15.0. The van der Waals surface area contributed by atoms with Gasteiger partial charge in [0.05, 0.1) is 18.4 Å². The highest BCUT2D eigenvalue weighted by Gasteiger charge is 2.23. The minimum Gasteiger partial charge on any atom is -0.479 e. The zero-order valence-corrected chi connectivity index (χ0v) is 15.0. The van der Waals surface area contributed by atoms with Gasteiger partial charge in [0.1, 0.15) is 5.75 Å². The Morgan fingerprint density at radius 3 is 2.65 bits per heavy atom. The summed E-state index contributed by atoms with van der Waals surface area (Å²) in [6, 6.07) is 12.4. The highest BCUT2D eigenvalue weighted by Crippen LogP contribution is 2.32. The minimum atomic E-state index is -0.527. The first kappa shape index (κ1) is 17.9. The van der Waals surface area contributed by atoms with Crippen LogP contribution in [0.25, 0.3) is 0 Å². The van der Waals surface area contributed by atoms with Gasteiger partial charge in [-0.15, -0.1) is 0 Å². The average Bonchev–Trinajstić information content (AvgIpc) is 2.61. The van der Waals surface area contributed by atoms with Crippen molar-refractivity contribution in [1.29, 1.82) is 0 Å². The molecule has 6 nitrogen and oxygen atoms in total. The molecular weight excluding hydrogens is 332 g/mol. The van der Waals surface area contributed by atoms with Crippen LogP contribution in [0.3, 0.4) is 0 Å². The number of carbonyl (C=O) groups excluding carboxylic acids is 2. The number of hydrogen-bond acceptors (Lipinski definition) is 4. The second-order valence-electron chi connectivity index (χ2n) is 6.47. The maximum Gasteiger partial charge on any atom is 0.265 e. The molecule has 136 valence electrons. The van der Waals surface area contributed by atoms with Crippen molar-refractivity contribution < 1.29 is 19.1 Å². The van der Waals surface area contributed by atoms with E-state index in [1.54, 1.807) is 37.3 Å². The van der Waals surface area contributed by atoms with Crippen molar-refractivity contribution in [2.45, 2.75) is 39.6 Å². The summed E-state index contributed by atoms with van der Waals surface area (Å²) < 4.78 is 11.1. The summed E-state index contributed by atoms with van der Waals surface area (Å²) in [6.45, 7) is 6.16. The molecule has 0 aliphatic carbocycles. The first-order chi connectivity index (χ1) is 12.4. The Bertz CT molecular complexity index is 815. The number of benzene rings is 2. The van der Waals surface area contributed by atoms with Crippen molar-refractivity contribution >= 4 is 23.2 Å². The maximum atomic E-state index is 12.4. The van der Waals surface area contributed by atoms with E-state index in [2.05, 4.69) is 10.6 Å². The van der Waals surface area contributed by atoms with Crippen LogP contribution >= 0.6 is 0 Å². The molecule has 0 fully saturated rings. The van der Waals surface area contributed by atoms with E-state index in [-0.39, 0.29) is 17.9 Å². The van der Waals surface area contributed by atoms with Crippen LogP contribution in [0.2, 0.25) is 0 Å². The molecule has 2 amide bonds. The molecule has 2 N–H and O–H groups in total. The van der Waals surface area contributed by atoms with Crippen molar-refractivity contribution in [2.24, 2.45) is 0 Å². The summed E-state index contributed by atoms with van der Waals surface area (Å²) in [6.07, 6.45) is -0.365. The fourth-order valence-corrected chi connectivity index (χ4v) is 2.51. The summed E-state index contributed by atoms with van der Waals surface area (Å²) in [5.41, 5.74) is 2.69. The molecule has 0 saturated carbocycles. The van der Waals surface area contributed by atoms with Gasteiger partial charge < -0.3 is 20.1 Å². The van der Waals surface area contributed by atoms with Crippen LogP contribution in [-0.4, -0.2) is 24.0 Å². The van der Waals surface area contributed by atoms with Crippen molar-refractivity contribution in [3.05, 3.63) is 53.6 Å². The van der Waals surface area contributed by atoms with E-state index in [0.717, 1.165) is 5.56 Å². The number of anilines is 2. The predicted molar refractivity (Wildman–Crippen MR) is 99.5 cm³/mol. The molecule has 0 spiro atoms. The number of carbonyl (C=O) groups is 2. The average molecular weight is 354 g/mol. The van der Waals surface area contributed by atoms with E-state index in [9.17, 15) is 9.59 Å². The summed E-state index contributed by atoms with van der Waals surface area (Å²) in [7, 11) is 0. The number of rotatable bonds is 5. The first-order valence-corrected chi connectivity index (χ1v) is 8.56. The standard InChI is InChI=1S/C20H22N2O4/c1-12(2)25-11-14-4-6-15(7-5-14)20(24)21-16-8-9-18-17(10-16)22-19(23)13(3)26-18/h4-10,12-13H,11H2,1-3H3,(H,21,24)(H,22,23)/t13-/m1/s1. The Balaban J connectivity index is 1.66. The van der Waals surface area contributed by atoms with E-state index < -0.39 is 6.10 Å². The Hall–Kier alpha value is -2.86. The van der Waals surface area contributed by atoms with Gasteiger partial charge in [0.2, 0.25) is 0 Å².